The van der Waals surface area contributed by atoms with Gasteiger partial charge in [-0.2, -0.15) is 0 Å². The molecule has 1 atom stereocenters. The van der Waals surface area contributed by atoms with Gasteiger partial charge in [0.25, 0.3) is 0 Å². The molecule has 0 radical (unpaired) electrons. The van der Waals surface area contributed by atoms with Crippen LogP contribution in [0, 0.1) is 0 Å². The molecular formula is C19H26N4O4. The van der Waals surface area contributed by atoms with Crippen molar-refractivity contribution in [3.8, 4) is 11.5 Å². The lowest BCUT2D eigenvalue weighted by Gasteiger charge is -2.49. The van der Waals surface area contributed by atoms with Gasteiger partial charge in [-0.05, 0) is 32.0 Å². The fourth-order valence-electron chi connectivity index (χ4n) is 4.11. The van der Waals surface area contributed by atoms with Gasteiger partial charge in [0.1, 0.15) is 0 Å². The van der Waals surface area contributed by atoms with Crippen LogP contribution >= 0.6 is 0 Å². The molecule has 2 saturated heterocycles. The number of ether oxygens (including phenoxy) is 2. The van der Waals surface area contributed by atoms with Crippen molar-refractivity contribution in [2.75, 3.05) is 52.4 Å². The first-order chi connectivity index (χ1) is 13.0. The van der Waals surface area contributed by atoms with Crippen molar-refractivity contribution in [3.63, 3.8) is 0 Å². The predicted molar refractivity (Wildman–Crippen MR) is 100 cm³/mol. The molecule has 2 fully saturated rings. The van der Waals surface area contributed by atoms with Crippen LogP contribution in [0.2, 0.25) is 0 Å². The van der Waals surface area contributed by atoms with Crippen LogP contribution in [0.15, 0.2) is 18.2 Å². The Bertz CT molecular complexity index is 755. The van der Waals surface area contributed by atoms with Crippen LogP contribution in [0.1, 0.15) is 19.3 Å². The molecule has 1 aromatic rings. The van der Waals surface area contributed by atoms with Crippen molar-refractivity contribution in [3.05, 3.63) is 18.2 Å². The van der Waals surface area contributed by atoms with Gasteiger partial charge in [-0.3, -0.25) is 9.69 Å². The van der Waals surface area contributed by atoms with Gasteiger partial charge in [0.2, 0.25) is 12.7 Å². The van der Waals surface area contributed by atoms with Crippen LogP contribution in [0.3, 0.4) is 0 Å². The summed E-state index contributed by atoms with van der Waals surface area (Å²) in [6, 6.07) is 5.28. The van der Waals surface area contributed by atoms with E-state index in [4.69, 9.17) is 9.47 Å². The van der Waals surface area contributed by atoms with E-state index in [1.807, 2.05) is 18.0 Å². The van der Waals surface area contributed by atoms with Crippen molar-refractivity contribution in [1.29, 1.82) is 0 Å². The van der Waals surface area contributed by atoms with Gasteiger partial charge in [-0.25, -0.2) is 4.79 Å². The molecule has 3 aliphatic rings. The van der Waals surface area contributed by atoms with Gasteiger partial charge in [0, 0.05) is 56.9 Å². The second-order valence-corrected chi connectivity index (χ2v) is 7.63. The summed E-state index contributed by atoms with van der Waals surface area (Å²) >= 11 is 0. The van der Waals surface area contributed by atoms with E-state index in [2.05, 4.69) is 17.3 Å². The number of amides is 3. The molecule has 4 rings (SSSR count). The summed E-state index contributed by atoms with van der Waals surface area (Å²) in [6.45, 7) is 3.02. The molecular weight excluding hydrogens is 348 g/mol. The minimum absolute atomic E-state index is 0.120. The molecule has 3 heterocycles. The number of piperazine rings is 1. The lowest BCUT2D eigenvalue weighted by molar-refractivity contribution is -0.129. The molecule has 146 valence electrons. The Morgan fingerprint density at radius 1 is 1.11 bits per heavy atom. The van der Waals surface area contributed by atoms with Crippen LogP contribution in [-0.4, -0.2) is 79.2 Å². The molecule has 1 N–H and O–H groups in total. The lowest BCUT2D eigenvalue weighted by Crippen LogP contribution is -2.62. The monoisotopic (exact) mass is 374 g/mol. The maximum absolute atomic E-state index is 12.9. The third kappa shape index (κ3) is 3.41. The SMILES string of the molecule is CN1CC[C@@]2(CCC1=O)CN(C(=O)Nc1ccc3c(c1)OCO3)CCN2C. The number of urea groups is 1. The van der Waals surface area contributed by atoms with Crippen molar-refractivity contribution >= 4 is 17.6 Å². The Hall–Kier alpha value is -2.48. The standard InChI is InChI=1S/C19H26N4O4/c1-21-8-7-19(6-5-17(21)24)12-23(10-9-22(19)2)18(25)20-14-3-4-15-16(11-14)27-13-26-15/h3-4,11H,5-10,12-13H2,1-2H3,(H,20,25)/t19-/m0/s1. The number of likely N-dealkylation sites (N-methyl/N-ethyl adjacent to an activating group) is 1. The van der Waals surface area contributed by atoms with Crippen LogP contribution < -0.4 is 14.8 Å². The number of anilines is 1. The molecule has 0 saturated carbocycles. The zero-order valence-corrected chi connectivity index (χ0v) is 15.9. The van der Waals surface area contributed by atoms with Crippen LogP contribution in [0.4, 0.5) is 10.5 Å². The average molecular weight is 374 g/mol. The number of hydrogen-bond donors (Lipinski definition) is 1. The van der Waals surface area contributed by atoms with E-state index in [1.165, 1.54) is 0 Å². The summed E-state index contributed by atoms with van der Waals surface area (Å²) in [5, 5.41) is 2.97. The normalized spacial score (nSPS) is 25.6. The van der Waals surface area contributed by atoms with Gasteiger partial charge in [0.15, 0.2) is 11.5 Å². The van der Waals surface area contributed by atoms with E-state index in [0.717, 1.165) is 25.9 Å². The fourth-order valence-corrected chi connectivity index (χ4v) is 4.11. The number of carbonyl (C=O) groups is 2. The van der Waals surface area contributed by atoms with Gasteiger partial charge >= 0.3 is 6.03 Å². The Morgan fingerprint density at radius 2 is 1.93 bits per heavy atom. The minimum atomic E-state index is -0.148. The molecule has 8 heteroatoms. The predicted octanol–water partition coefficient (Wildman–Crippen LogP) is 1.58. The number of likely N-dealkylation sites (tertiary alicyclic amines) is 1. The smallest absolute Gasteiger partial charge is 0.321 e. The molecule has 0 aliphatic carbocycles. The largest absolute Gasteiger partial charge is 0.454 e. The second-order valence-electron chi connectivity index (χ2n) is 7.63. The van der Waals surface area contributed by atoms with E-state index >= 15 is 0 Å². The van der Waals surface area contributed by atoms with Gasteiger partial charge in [-0.15, -0.1) is 0 Å². The van der Waals surface area contributed by atoms with Gasteiger partial charge < -0.3 is 24.6 Å². The Morgan fingerprint density at radius 3 is 2.78 bits per heavy atom. The zero-order chi connectivity index (χ0) is 19.0. The van der Waals surface area contributed by atoms with Crippen molar-refractivity contribution < 1.29 is 19.1 Å². The Kier molecular flexibility index (Phi) is 4.59. The molecule has 8 nitrogen and oxygen atoms in total. The number of rotatable bonds is 1. The summed E-state index contributed by atoms with van der Waals surface area (Å²) < 4.78 is 10.7. The fraction of sp³-hybridized carbons (Fsp3) is 0.579. The van der Waals surface area contributed by atoms with Gasteiger partial charge in [0.05, 0.1) is 0 Å². The zero-order valence-electron chi connectivity index (χ0n) is 15.9. The maximum Gasteiger partial charge on any atom is 0.321 e. The molecule has 1 spiro atoms. The molecule has 0 aromatic heterocycles. The van der Waals surface area contributed by atoms with Crippen LogP contribution in [-0.2, 0) is 4.79 Å². The minimum Gasteiger partial charge on any atom is -0.454 e. The molecule has 27 heavy (non-hydrogen) atoms. The number of nitrogens with one attached hydrogen (secondary N) is 1. The number of fused-ring (bicyclic) bond motifs is 1. The lowest BCUT2D eigenvalue weighted by atomic mass is 9.86. The summed E-state index contributed by atoms with van der Waals surface area (Å²) in [7, 11) is 3.96. The molecule has 1 aromatic carbocycles. The number of hydrogen-bond acceptors (Lipinski definition) is 5. The quantitative estimate of drug-likeness (QED) is 0.808. The highest BCUT2D eigenvalue weighted by Crippen LogP contribution is 2.35. The van der Waals surface area contributed by atoms with Crippen molar-refractivity contribution in [2.24, 2.45) is 0 Å². The first-order valence-corrected chi connectivity index (χ1v) is 9.38. The highest BCUT2D eigenvalue weighted by atomic mass is 16.7. The van der Waals surface area contributed by atoms with Crippen LogP contribution in [0.5, 0.6) is 11.5 Å². The van der Waals surface area contributed by atoms with E-state index in [9.17, 15) is 9.59 Å². The number of nitrogens with zero attached hydrogens (tertiary/aromatic N) is 3. The maximum atomic E-state index is 12.9. The average Bonchev–Trinajstić information content (AvgIpc) is 3.08. The third-order valence-electron chi connectivity index (χ3n) is 6.05. The van der Waals surface area contributed by atoms with Crippen LogP contribution in [0.25, 0.3) is 0 Å². The first kappa shape index (κ1) is 17.9. The molecule has 0 unspecified atom stereocenters. The second kappa shape index (κ2) is 6.92. The molecule has 0 bridgehead atoms. The highest BCUT2D eigenvalue weighted by Gasteiger charge is 2.43. The van der Waals surface area contributed by atoms with Gasteiger partial charge in [-0.1, -0.05) is 0 Å². The number of carbonyl (C=O) groups excluding carboxylic acids is 2. The van der Waals surface area contributed by atoms with E-state index in [1.54, 1.807) is 17.0 Å². The van der Waals surface area contributed by atoms with E-state index in [-0.39, 0.29) is 24.3 Å². The third-order valence-corrected chi connectivity index (χ3v) is 6.05. The van der Waals surface area contributed by atoms with E-state index in [0.29, 0.717) is 36.7 Å². The highest BCUT2D eigenvalue weighted by molar-refractivity contribution is 5.90. The summed E-state index contributed by atoms with van der Waals surface area (Å²) in [4.78, 5) is 30.9. The topological polar surface area (TPSA) is 74.4 Å². The van der Waals surface area contributed by atoms with Crippen molar-refractivity contribution in [2.45, 2.75) is 24.8 Å². The molecule has 3 amide bonds. The summed E-state index contributed by atoms with van der Waals surface area (Å²) in [6.07, 6.45) is 2.18. The Labute approximate surface area is 159 Å². The number of benzene rings is 1. The van der Waals surface area contributed by atoms with Crippen molar-refractivity contribution in [1.82, 2.24) is 14.7 Å². The summed E-state index contributed by atoms with van der Waals surface area (Å²) in [5.41, 5.74) is 0.540. The first-order valence-electron chi connectivity index (χ1n) is 9.38. The Balaban J connectivity index is 1.45. The van der Waals surface area contributed by atoms with E-state index < -0.39 is 0 Å². The summed E-state index contributed by atoms with van der Waals surface area (Å²) in [5.74, 6) is 1.52. The molecule has 3 aliphatic heterocycles.